The molecule has 0 aliphatic carbocycles. The summed E-state index contributed by atoms with van der Waals surface area (Å²) in [5, 5.41) is 5.04. The van der Waals surface area contributed by atoms with Crippen molar-refractivity contribution in [2.24, 2.45) is 0 Å². The summed E-state index contributed by atoms with van der Waals surface area (Å²) in [7, 11) is 1.75. The van der Waals surface area contributed by atoms with Gasteiger partial charge in [0.1, 0.15) is 5.15 Å². The lowest BCUT2D eigenvalue weighted by molar-refractivity contribution is -0.125. The van der Waals surface area contributed by atoms with Crippen LogP contribution in [0.5, 0.6) is 0 Å². The molecule has 28 heavy (non-hydrogen) atoms. The number of rotatable bonds is 6. The summed E-state index contributed by atoms with van der Waals surface area (Å²) in [6.45, 7) is 4.98. The number of nitrogens with zero attached hydrogens (tertiary/aromatic N) is 4. The number of amides is 1. The van der Waals surface area contributed by atoms with Gasteiger partial charge in [0.15, 0.2) is 0 Å². The topological polar surface area (TPSA) is 51.0 Å². The van der Waals surface area contributed by atoms with Crippen molar-refractivity contribution in [3.63, 3.8) is 0 Å². The van der Waals surface area contributed by atoms with Crippen molar-refractivity contribution in [3.05, 3.63) is 88.0 Å². The first-order valence-corrected chi connectivity index (χ1v) is 9.43. The highest BCUT2D eigenvalue weighted by Gasteiger charge is 2.13. The molecule has 3 aromatic rings. The van der Waals surface area contributed by atoms with Gasteiger partial charge in [0.25, 0.3) is 0 Å². The zero-order valence-electron chi connectivity index (χ0n) is 16.3. The number of benzene rings is 1. The molecule has 0 atom stereocenters. The van der Waals surface area contributed by atoms with Crippen molar-refractivity contribution in [2.75, 3.05) is 7.05 Å². The fourth-order valence-electron chi connectivity index (χ4n) is 2.82. The molecular formula is C22H23ClN4O. The van der Waals surface area contributed by atoms with Gasteiger partial charge in [-0.1, -0.05) is 47.5 Å². The van der Waals surface area contributed by atoms with Crippen molar-refractivity contribution >= 4 is 23.6 Å². The van der Waals surface area contributed by atoms with E-state index in [2.05, 4.69) is 41.3 Å². The van der Waals surface area contributed by atoms with E-state index in [0.29, 0.717) is 18.2 Å². The Labute approximate surface area is 170 Å². The third-order valence-electron chi connectivity index (χ3n) is 4.46. The number of aromatic nitrogens is 3. The number of carbonyl (C=O) groups is 1. The number of carbonyl (C=O) groups excluding carboxylic acids is 1. The summed E-state index contributed by atoms with van der Waals surface area (Å²) in [4.78, 5) is 18.3. The molecule has 1 amide bonds. The van der Waals surface area contributed by atoms with E-state index in [-0.39, 0.29) is 5.91 Å². The second-order valence-corrected chi connectivity index (χ2v) is 7.14. The molecular weight excluding hydrogens is 372 g/mol. The molecule has 0 N–H and O–H groups in total. The van der Waals surface area contributed by atoms with Crippen molar-refractivity contribution in [3.8, 4) is 0 Å². The summed E-state index contributed by atoms with van der Waals surface area (Å²) < 4.78 is 1.75. The van der Waals surface area contributed by atoms with Gasteiger partial charge in [-0.15, -0.1) is 0 Å². The largest absolute Gasteiger partial charge is 0.336 e. The summed E-state index contributed by atoms with van der Waals surface area (Å²) in [6.07, 6.45) is 4.97. The predicted octanol–water partition coefficient (Wildman–Crippen LogP) is 4.27. The van der Waals surface area contributed by atoms with E-state index in [1.54, 1.807) is 28.9 Å². The smallest absolute Gasteiger partial charge is 0.246 e. The van der Waals surface area contributed by atoms with Gasteiger partial charge >= 0.3 is 0 Å². The molecule has 1 aromatic carbocycles. The Hall–Kier alpha value is -2.92. The highest BCUT2D eigenvalue weighted by molar-refractivity contribution is 6.31. The maximum Gasteiger partial charge on any atom is 0.246 e. The first-order valence-electron chi connectivity index (χ1n) is 9.05. The maximum absolute atomic E-state index is 12.4. The number of hydrogen-bond acceptors (Lipinski definition) is 3. The van der Waals surface area contributed by atoms with Gasteiger partial charge in [0.05, 0.1) is 24.5 Å². The van der Waals surface area contributed by atoms with E-state index < -0.39 is 0 Å². The average Bonchev–Trinajstić information content (AvgIpc) is 2.95. The van der Waals surface area contributed by atoms with Crippen LogP contribution in [-0.2, 0) is 17.9 Å². The van der Waals surface area contributed by atoms with Crippen LogP contribution in [0.25, 0.3) is 6.08 Å². The molecule has 0 bridgehead atoms. The summed E-state index contributed by atoms with van der Waals surface area (Å²) in [5.74, 6) is -0.118. The monoisotopic (exact) mass is 394 g/mol. The van der Waals surface area contributed by atoms with Crippen LogP contribution in [0.4, 0.5) is 0 Å². The third kappa shape index (κ3) is 4.87. The molecule has 0 aliphatic heterocycles. The zero-order chi connectivity index (χ0) is 20.1. The molecule has 2 aromatic heterocycles. The Bertz CT molecular complexity index is 978. The van der Waals surface area contributed by atoms with E-state index in [1.807, 2.05) is 25.1 Å². The van der Waals surface area contributed by atoms with E-state index in [4.69, 9.17) is 11.6 Å². The van der Waals surface area contributed by atoms with Gasteiger partial charge in [-0.05, 0) is 37.6 Å². The zero-order valence-corrected chi connectivity index (χ0v) is 17.0. The Morgan fingerprint density at radius 1 is 1.18 bits per heavy atom. The quantitative estimate of drug-likeness (QED) is 0.587. The SMILES string of the molecule is Cc1ccc(Cn2nc(C)c(/C=C/C(=O)N(C)Cc3ccccn3)c2Cl)cc1. The van der Waals surface area contributed by atoms with Crippen LogP contribution in [0.3, 0.4) is 0 Å². The van der Waals surface area contributed by atoms with Gasteiger partial charge < -0.3 is 4.90 Å². The normalized spacial score (nSPS) is 11.1. The lowest BCUT2D eigenvalue weighted by Crippen LogP contribution is -2.24. The van der Waals surface area contributed by atoms with Crippen molar-refractivity contribution < 1.29 is 4.79 Å². The fraction of sp³-hybridized carbons (Fsp3) is 0.227. The van der Waals surface area contributed by atoms with E-state index >= 15 is 0 Å². The highest BCUT2D eigenvalue weighted by Crippen LogP contribution is 2.22. The summed E-state index contributed by atoms with van der Waals surface area (Å²) >= 11 is 6.52. The summed E-state index contributed by atoms with van der Waals surface area (Å²) in [6, 6.07) is 13.9. The molecule has 3 rings (SSSR count). The second kappa shape index (κ2) is 8.85. The Kier molecular flexibility index (Phi) is 6.26. The predicted molar refractivity (Wildman–Crippen MR) is 112 cm³/mol. The average molecular weight is 395 g/mol. The molecule has 0 spiro atoms. The van der Waals surface area contributed by atoms with Crippen LogP contribution < -0.4 is 0 Å². The Balaban J connectivity index is 1.70. The lowest BCUT2D eigenvalue weighted by atomic mass is 10.1. The molecule has 6 heteroatoms. The van der Waals surface area contributed by atoms with Gasteiger partial charge in [0.2, 0.25) is 5.91 Å². The second-order valence-electron chi connectivity index (χ2n) is 6.78. The minimum atomic E-state index is -0.118. The van der Waals surface area contributed by atoms with Crippen LogP contribution >= 0.6 is 11.6 Å². The molecule has 0 radical (unpaired) electrons. The molecule has 144 valence electrons. The van der Waals surface area contributed by atoms with E-state index in [0.717, 1.165) is 22.5 Å². The Morgan fingerprint density at radius 2 is 1.93 bits per heavy atom. The van der Waals surface area contributed by atoms with E-state index in [9.17, 15) is 4.79 Å². The van der Waals surface area contributed by atoms with Crippen molar-refractivity contribution in [1.82, 2.24) is 19.7 Å². The van der Waals surface area contributed by atoms with Gasteiger partial charge in [-0.25, -0.2) is 4.68 Å². The number of likely N-dealkylation sites (N-methyl/N-ethyl adjacent to an activating group) is 1. The fourth-order valence-corrected chi connectivity index (χ4v) is 3.12. The Morgan fingerprint density at radius 3 is 2.61 bits per heavy atom. The molecule has 2 heterocycles. The van der Waals surface area contributed by atoms with Gasteiger partial charge in [-0.2, -0.15) is 5.10 Å². The first-order chi connectivity index (χ1) is 13.4. The molecule has 0 saturated carbocycles. The van der Waals surface area contributed by atoms with Crippen LogP contribution in [0.15, 0.2) is 54.7 Å². The molecule has 0 unspecified atom stereocenters. The summed E-state index contributed by atoms with van der Waals surface area (Å²) in [5.41, 5.74) is 4.72. The highest BCUT2D eigenvalue weighted by atomic mass is 35.5. The standard InChI is InChI=1S/C22H23ClN4O/c1-16-7-9-18(10-8-16)14-27-22(23)20(17(2)25-27)11-12-21(28)26(3)15-19-6-4-5-13-24-19/h4-13H,14-15H2,1-3H3/b12-11+. The number of aryl methyl sites for hydroxylation is 2. The molecule has 0 aliphatic rings. The number of hydrogen-bond donors (Lipinski definition) is 0. The first kappa shape index (κ1) is 19.8. The van der Waals surface area contributed by atoms with Crippen LogP contribution in [-0.4, -0.2) is 32.6 Å². The lowest BCUT2D eigenvalue weighted by Gasteiger charge is -2.14. The number of pyridine rings is 1. The minimum absolute atomic E-state index is 0.118. The minimum Gasteiger partial charge on any atom is -0.336 e. The van der Waals surface area contributed by atoms with Crippen LogP contribution in [0.1, 0.15) is 28.1 Å². The van der Waals surface area contributed by atoms with E-state index in [1.165, 1.54) is 11.6 Å². The molecule has 5 nitrogen and oxygen atoms in total. The van der Waals surface area contributed by atoms with Crippen molar-refractivity contribution in [1.29, 1.82) is 0 Å². The third-order valence-corrected chi connectivity index (χ3v) is 4.86. The van der Waals surface area contributed by atoms with Gasteiger partial charge in [-0.3, -0.25) is 9.78 Å². The maximum atomic E-state index is 12.4. The molecule has 0 saturated heterocycles. The van der Waals surface area contributed by atoms with Crippen molar-refractivity contribution in [2.45, 2.75) is 26.9 Å². The van der Waals surface area contributed by atoms with Gasteiger partial charge in [0, 0.05) is 24.9 Å². The van der Waals surface area contributed by atoms with Crippen LogP contribution in [0.2, 0.25) is 5.15 Å². The van der Waals surface area contributed by atoms with Crippen LogP contribution in [0, 0.1) is 13.8 Å². The number of halogens is 1. The molecule has 0 fully saturated rings.